The molecule has 0 saturated carbocycles. The molecule has 0 unspecified atom stereocenters. The summed E-state index contributed by atoms with van der Waals surface area (Å²) >= 11 is 6.29. The average molecular weight is 297 g/mol. The van der Waals surface area contributed by atoms with Crippen molar-refractivity contribution in [3.05, 3.63) is 64.8 Å². The van der Waals surface area contributed by atoms with Crippen LogP contribution in [0.2, 0.25) is 5.02 Å². The Bertz CT molecular complexity index is 859. The lowest BCUT2D eigenvalue weighted by Crippen LogP contribution is -2.13. The minimum atomic E-state index is -0.549. The van der Waals surface area contributed by atoms with Crippen LogP contribution in [0.15, 0.2) is 48.5 Å². The average Bonchev–Trinajstić information content (AvgIpc) is 2.46. The Morgan fingerprint density at radius 2 is 1.86 bits per heavy atom. The van der Waals surface area contributed by atoms with E-state index in [9.17, 15) is 4.79 Å². The number of carbonyl (C=O) groups is 1. The Morgan fingerprint density at radius 3 is 2.57 bits per heavy atom. The molecule has 0 saturated heterocycles. The smallest absolute Gasteiger partial charge is 0.267 e. The molecule has 0 aliphatic carbocycles. The van der Waals surface area contributed by atoms with Crippen LogP contribution in [0, 0.1) is 6.92 Å². The van der Waals surface area contributed by atoms with Crippen molar-refractivity contribution in [3.8, 4) is 11.1 Å². The number of fused-ring (bicyclic) bond motifs is 1. The number of halogens is 1. The van der Waals surface area contributed by atoms with Gasteiger partial charge in [-0.25, -0.2) is 4.98 Å². The van der Waals surface area contributed by atoms with Gasteiger partial charge in [0.1, 0.15) is 5.69 Å². The van der Waals surface area contributed by atoms with Crippen LogP contribution in [0.3, 0.4) is 0 Å². The summed E-state index contributed by atoms with van der Waals surface area (Å²) in [7, 11) is 0. The first-order valence-electron chi connectivity index (χ1n) is 6.52. The fraction of sp³-hybridized carbons (Fsp3) is 0.0588. The van der Waals surface area contributed by atoms with Crippen LogP contribution < -0.4 is 5.73 Å². The van der Waals surface area contributed by atoms with Gasteiger partial charge in [0, 0.05) is 16.0 Å². The van der Waals surface area contributed by atoms with Gasteiger partial charge < -0.3 is 5.73 Å². The summed E-state index contributed by atoms with van der Waals surface area (Å²) in [5.41, 5.74) is 9.16. The van der Waals surface area contributed by atoms with Gasteiger partial charge in [-0.3, -0.25) is 4.79 Å². The number of rotatable bonds is 2. The molecule has 0 aliphatic rings. The van der Waals surface area contributed by atoms with E-state index < -0.39 is 5.91 Å². The molecule has 0 bridgehead atoms. The van der Waals surface area contributed by atoms with Gasteiger partial charge >= 0.3 is 0 Å². The minimum absolute atomic E-state index is 0.239. The number of primary amides is 1. The molecule has 0 fully saturated rings. The first kappa shape index (κ1) is 13.6. The zero-order valence-electron chi connectivity index (χ0n) is 11.4. The van der Waals surface area contributed by atoms with E-state index >= 15 is 0 Å². The van der Waals surface area contributed by atoms with Crippen molar-refractivity contribution in [2.45, 2.75) is 6.92 Å². The van der Waals surface area contributed by atoms with Crippen molar-refractivity contribution in [3.63, 3.8) is 0 Å². The molecule has 104 valence electrons. The number of hydrogen-bond acceptors (Lipinski definition) is 2. The SMILES string of the molecule is Cc1ccc2c(-c3ccccc3Cl)cc(C(N)=O)nc2c1. The van der Waals surface area contributed by atoms with Crippen LogP contribution in [0.1, 0.15) is 16.1 Å². The van der Waals surface area contributed by atoms with E-state index in [4.69, 9.17) is 17.3 Å². The van der Waals surface area contributed by atoms with Gasteiger partial charge in [0.05, 0.1) is 5.52 Å². The normalized spacial score (nSPS) is 10.8. The lowest BCUT2D eigenvalue weighted by atomic mass is 9.99. The topological polar surface area (TPSA) is 56.0 Å². The van der Waals surface area contributed by atoms with E-state index in [0.717, 1.165) is 27.6 Å². The van der Waals surface area contributed by atoms with E-state index in [0.29, 0.717) is 5.02 Å². The Labute approximate surface area is 127 Å². The van der Waals surface area contributed by atoms with Crippen molar-refractivity contribution < 1.29 is 4.79 Å². The summed E-state index contributed by atoms with van der Waals surface area (Å²) in [5.74, 6) is -0.549. The van der Waals surface area contributed by atoms with Crippen molar-refractivity contribution >= 4 is 28.4 Å². The molecule has 2 N–H and O–H groups in total. The fourth-order valence-corrected chi connectivity index (χ4v) is 2.60. The maximum atomic E-state index is 11.5. The summed E-state index contributed by atoms with van der Waals surface area (Å²) < 4.78 is 0. The second-order valence-electron chi connectivity index (χ2n) is 4.92. The molecular weight excluding hydrogens is 284 g/mol. The molecule has 21 heavy (non-hydrogen) atoms. The molecular formula is C17H13ClN2O. The van der Waals surface area contributed by atoms with Crippen LogP contribution in [-0.2, 0) is 0 Å². The number of aryl methyl sites for hydroxylation is 1. The largest absolute Gasteiger partial charge is 0.364 e. The number of nitrogens with two attached hydrogens (primary N) is 1. The lowest BCUT2D eigenvalue weighted by molar-refractivity contribution is 0.0996. The highest BCUT2D eigenvalue weighted by atomic mass is 35.5. The van der Waals surface area contributed by atoms with E-state index in [1.54, 1.807) is 6.07 Å². The summed E-state index contributed by atoms with van der Waals surface area (Å²) in [6.07, 6.45) is 0. The van der Waals surface area contributed by atoms with E-state index in [1.165, 1.54) is 0 Å². The zero-order valence-corrected chi connectivity index (χ0v) is 12.2. The highest BCUT2D eigenvalue weighted by molar-refractivity contribution is 6.33. The van der Waals surface area contributed by atoms with Crippen LogP contribution >= 0.6 is 11.6 Å². The molecule has 1 aromatic heterocycles. The van der Waals surface area contributed by atoms with E-state index in [2.05, 4.69) is 4.98 Å². The maximum absolute atomic E-state index is 11.5. The number of benzene rings is 2. The third kappa shape index (κ3) is 2.48. The molecule has 0 radical (unpaired) electrons. The fourth-order valence-electron chi connectivity index (χ4n) is 2.37. The third-order valence-corrected chi connectivity index (χ3v) is 3.71. The predicted molar refractivity (Wildman–Crippen MR) is 85.4 cm³/mol. The van der Waals surface area contributed by atoms with Gasteiger partial charge in [-0.1, -0.05) is 41.9 Å². The number of nitrogens with zero attached hydrogens (tertiary/aromatic N) is 1. The molecule has 1 heterocycles. The molecule has 0 atom stereocenters. The number of aromatic nitrogens is 1. The molecule has 1 amide bonds. The van der Waals surface area contributed by atoms with E-state index in [-0.39, 0.29) is 5.69 Å². The van der Waals surface area contributed by atoms with Crippen LogP contribution in [0.4, 0.5) is 0 Å². The Morgan fingerprint density at radius 1 is 1.10 bits per heavy atom. The minimum Gasteiger partial charge on any atom is -0.364 e. The van der Waals surface area contributed by atoms with Crippen LogP contribution in [0.25, 0.3) is 22.0 Å². The lowest BCUT2D eigenvalue weighted by Gasteiger charge is -2.10. The Balaban J connectivity index is 2.40. The molecule has 3 rings (SSSR count). The standard InChI is InChI=1S/C17H13ClN2O/c1-10-6-7-12-13(11-4-2-3-5-14(11)18)9-16(17(19)21)20-15(12)8-10/h2-9H,1H3,(H2,19,21). The highest BCUT2D eigenvalue weighted by Gasteiger charge is 2.13. The zero-order chi connectivity index (χ0) is 15.0. The first-order chi connectivity index (χ1) is 10.1. The monoisotopic (exact) mass is 296 g/mol. The third-order valence-electron chi connectivity index (χ3n) is 3.38. The van der Waals surface area contributed by atoms with Gasteiger partial charge in [-0.15, -0.1) is 0 Å². The van der Waals surface area contributed by atoms with Crippen molar-refractivity contribution in [1.82, 2.24) is 4.98 Å². The van der Waals surface area contributed by atoms with Crippen molar-refractivity contribution in [2.24, 2.45) is 5.73 Å². The van der Waals surface area contributed by atoms with Crippen molar-refractivity contribution in [1.29, 1.82) is 0 Å². The molecule has 0 aliphatic heterocycles. The summed E-state index contributed by atoms with van der Waals surface area (Å²) in [6, 6.07) is 15.1. The van der Waals surface area contributed by atoms with Crippen LogP contribution in [-0.4, -0.2) is 10.9 Å². The number of pyridine rings is 1. The second kappa shape index (κ2) is 5.19. The van der Waals surface area contributed by atoms with Gasteiger partial charge in [0.2, 0.25) is 0 Å². The van der Waals surface area contributed by atoms with Crippen LogP contribution in [0.5, 0.6) is 0 Å². The van der Waals surface area contributed by atoms with Gasteiger partial charge in [-0.2, -0.15) is 0 Å². The summed E-state index contributed by atoms with van der Waals surface area (Å²) in [4.78, 5) is 15.9. The second-order valence-corrected chi connectivity index (χ2v) is 5.33. The predicted octanol–water partition coefficient (Wildman–Crippen LogP) is 3.96. The Hall–Kier alpha value is -2.39. The van der Waals surface area contributed by atoms with Crippen molar-refractivity contribution in [2.75, 3.05) is 0 Å². The summed E-state index contributed by atoms with van der Waals surface area (Å²) in [6.45, 7) is 1.98. The van der Waals surface area contributed by atoms with Gasteiger partial charge in [0.15, 0.2) is 0 Å². The highest BCUT2D eigenvalue weighted by Crippen LogP contribution is 2.33. The number of hydrogen-bond donors (Lipinski definition) is 1. The molecule has 0 spiro atoms. The maximum Gasteiger partial charge on any atom is 0.267 e. The molecule has 3 aromatic rings. The number of amides is 1. The quantitative estimate of drug-likeness (QED) is 0.778. The number of carbonyl (C=O) groups excluding carboxylic acids is 1. The van der Waals surface area contributed by atoms with Gasteiger partial charge in [-0.05, 0) is 36.2 Å². The first-order valence-corrected chi connectivity index (χ1v) is 6.90. The van der Waals surface area contributed by atoms with E-state index in [1.807, 2.05) is 49.4 Å². The summed E-state index contributed by atoms with van der Waals surface area (Å²) in [5, 5.41) is 1.57. The van der Waals surface area contributed by atoms with Gasteiger partial charge in [0.25, 0.3) is 5.91 Å². The molecule has 3 nitrogen and oxygen atoms in total. The molecule has 4 heteroatoms. The molecule has 2 aromatic carbocycles. The Kier molecular flexibility index (Phi) is 3.35.